The molecule has 4 nitrogen and oxygen atoms in total. The number of hydrogen-bond donors (Lipinski definition) is 0. The number of aromatic nitrogens is 1. The van der Waals surface area contributed by atoms with E-state index < -0.39 is 0 Å². The molecule has 5 heteroatoms. The molecule has 1 unspecified atom stereocenters. The zero-order chi connectivity index (χ0) is 14.5. The van der Waals surface area contributed by atoms with Gasteiger partial charge in [-0.15, -0.1) is 0 Å². The first-order chi connectivity index (χ1) is 9.65. The molecule has 1 aliphatic rings. The van der Waals surface area contributed by atoms with Crippen molar-refractivity contribution in [3.8, 4) is 0 Å². The summed E-state index contributed by atoms with van der Waals surface area (Å²) < 4.78 is 8.75. The Labute approximate surface area is 129 Å². The summed E-state index contributed by atoms with van der Waals surface area (Å²) >= 11 is 3.45. The van der Waals surface area contributed by atoms with Crippen molar-refractivity contribution in [2.75, 3.05) is 19.7 Å². The number of ether oxygens (including phenoxy) is 1. The van der Waals surface area contributed by atoms with Gasteiger partial charge in [-0.2, -0.15) is 0 Å². The van der Waals surface area contributed by atoms with Crippen molar-refractivity contribution < 1.29 is 9.53 Å². The van der Waals surface area contributed by atoms with Gasteiger partial charge in [0.05, 0.1) is 6.10 Å². The van der Waals surface area contributed by atoms with E-state index in [-0.39, 0.29) is 12.0 Å². The molecule has 2 heterocycles. The lowest BCUT2D eigenvalue weighted by atomic mass is 10.1. The molecule has 0 spiro atoms. The quantitative estimate of drug-likeness (QED) is 0.822. The molecule has 0 radical (unpaired) electrons. The Morgan fingerprint density at radius 2 is 2.30 bits per heavy atom. The molecule has 20 heavy (non-hydrogen) atoms. The highest BCUT2D eigenvalue weighted by molar-refractivity contribution is 9.10. The van der Waals surface area contributed by atoms with Crippen LogP contribution in [0.4, 0.5) is 0 Å². The summed E-state index contributed by atoms with van der Waals surface area (Å²) in [5.41, 5.74) is 0.760. The first-order valence-electron chi connectivity index (χ1n) is 7.42. The lowest BCUT2D eigenvalue weighted by Crippen LogP contribution is -2.43. The van der Waals surface area contributed by atoms with E-state index in [1.54, 1.807) is 0 Å². The maximum absolute atomic E-state index is 12.6. The van der Waals surface area contributed by atoms with E-state index in [1.807, 2.05) is 28.7 Å². The van der Waals surface area contributed by atoms with Gasteiger partial charge < -0.3 is 14.2 Å². The molecule has 0 aliphatic carbocycles. The van der Waals surface area contributed by atoms with Gasteiger partial charge in [-0.3, -0.25) is 4.79 Å². The Hall–Kier alpha value is -0.810. The minimum Gasteiger partial charge on any atom is -0.376 e. The highest BCUT2D eigenvalue weighted by atomic mass is 79.9. The Kier molecular flexibility index (Phi) is 5.66. The molecule has 0 N–H and O–H groups in total. The summed E-state index contributed by atoms with van der Waals surface area (Å²) in [5.74, 6) is 0.113. The molecule has 2 rings (SSSR count). The minimum atomic E-state index is 0.113. The highest BCUT2D eigenvalue weighted by Gasteiger charge is 2.26. The van der Waals surface area contributed by atoms with Gasteiger partial charge in [0.2, 0.25) is 0 Å². The van der Waals surface area contributed by atoms with Crippen LogP contribution in [-0.4, -0.2) is 41.2 Å². The smallest absolute Gasteiger partial charge is 0.270 e. The maximum atomic E-state index is 12.6. The molecule has 112 valence electrons. The van der Waals surface area contributed by atoms with Crippen LogP contribution in [0.2, 0.25) is 0 Å². The van der Waals surface area contributed by atoms with Crippen LogP contribution in [0.1, 0.15) is 43.6 Å². The predicted octanol–water partition coefficient (Wildman–Crippen LogP) is 3.30. The summed E-state index contributed by atoms with van der Waals surface area (Å²) in [4.78, 5) is 14.6. The molecule has 1 saturated heterocycles. The van der Waals surface area contributed by atoms with Crippen molar-refractivity contribution in [3.63, 3.8) is 0 Å². The van der Waals surface area contributed by atoms with Gasteiger partial charge in [-0.1, -0.05) is 6.92 Å². The fraction of sp³-hybridized carbons (Fsp3) is 0.667. The van der Waals surface area contributed by atoms with Gasteiger partial charge >= 0.3 is 0 Å². The van der Waals surface area contributed by atoms with Crippen LogP contribution in [0.5, 0.6) is 0 Å². The van der Waals surface area contributed by atoms with Gasteiger partial charge in [0, 0.05) is 36.9 Å². The van der Waals surface area contributed by atoms with Crippen LogP contribution >= 0.6 is 15.9 Å². The normalized spacial score (nSPS) is 19.4. The third-order valence-corrected chi connectivity index (χ3v) is 4.08. The van der Waals surface area contributed by atoms with E-state index in [1.165, 1.54) is 0 Å². The average molecular weight is 343 g/mol. The summed E-state index contributed by atoms with van der Waals surface area (Å²) in [7, 11) is 0. The van der Waals surface area contributed by atoms with Crippen molar-refractivity contribution in [1.29, 1.82) is 0 Å². The van der Waals surface area contributed by atoms with Crippen LogP contribution in [0, 0.1) is 0 Å². The second-order valence-corrected chi connectivity index (χ2v) is 6.13. The lowest BCUT2D eigenvalue weighted by Gasteiger charge is -2.32. The van der Waals surface area contributed by atoms with E-state index in [0.717, 1.165) is 49.1 Å². The third-order valence-electron chi connectivity index (χ3n) is 3.65. The van der Waals surface area contributed by atoms with Crippen molar-refractivity contribution >= 4 is 21.8 Å². The fourth-order valence-electron chi connectivity index (χ4n) is 2.62. The molecule has 0 aromatic carbocycles. The van der Waals surface area contributed by atoms with Gasteiger partial charge in [0.15, 0.2) is 0 Å². The van der Waals surface area contributed by atoms with Gasteiger partial charge in [-0.05, 0) is 48.2 Å². The van der Waals surface area contributed by atoms with E-state index in [0.29, 0.717) is 6.54 Å². The minimum absolute atomic E-state index is 0.113. The van der Waals surface area contributed by atoms with Crippen LogP contribution in [-0.2, 0) is 11.3 Å². The zero-order valence-electron chi connectivity index (χ0n) is 12.3. The van der Waals surface area contributed by atoms with Crippen LogP contribution < -0.4 is 0 Å². The van der Waals surface area contributed by atoms with E-state index in [4.69, 9.17) is 4.74 Å². The Bertz CT molecular complexity index is 459. The fourth-order valence-corrected chi connectivity index (χ4v) is 3.08. The van der Waals surface area contributed by atoms with Crippen molar-refractivity contribution in [3.05, 3.63) is 22.4 Å². The molecule has 1 amide bonds. The summed E-state index contributed by atoms with van der Waals surface area (Å²) in [6.07, 6.45) is 5.26. The first kappa shape index (κ1) is 15.6. The Balaban J connectivity index is 2.04. The predicted molar refractivity (Wildman–Crippen MR) is 83.0 cm³/mol. The van der Waals surface area contributed by atoms with E-state index in [2.05, 4.69) is 22.9 Å². The monoisotopic (exact) mass is 342 g/mol. The Morgan fingerprint density at radius 1 is 1.50 bits per heavy atom. The second kappa shape index (κ2) is 7.27. The van der Waals surface area contributed by atoms with Crippen molar-refractivity contribution in [2.45, 2.75) is 45.8 Å². The number of nitrogens with zero attached hydrogens (tertiary/aromatic N) is 2. The molecule has 1 fully saturated rings. The largest absolute Gasteiger partial charge is 0.376 e. The molecule has 1 aromatic heterocycles. The highest BCUT2D eigenvalue weighted by Crippen LogP contribution is 2.20. The number of aryl methyl sites for hydroxylation is 1. The molecule has 1 aromatic rings. The Morgan fingerprint density at radius 3 is 3.00 bits per heavy atom. The number of amides is 1. The molecular weight excluding hydrogens is 320 g/mol. The number of halogens is 1. The maximum Gasteiger partial charge on any atom is 0.270 e. The summed E-state index contributed by atoms with van der Waals surface area (Å²) in [6, 6.07) is 1.91. The summed E-state index contributed by atoms with van der Waals surface area (Å²) in [6.45, 7) is 7.28. The molecular formula is C15H23BrN2O2. The summed E-state index contributed by atoms with van der Waals surface area (Å²) in [5, 5.41) is 0. The lowest BCUT2D eigenvalue weighted by molar-refractivity contribution is 0.00178. The van der Waals surface area contributed by atoms with Gasteiger partial charge in [0.1, 0.15) is 5.69 Å². The molecule has 0 bridgehead atoms. The third kappa shape index (κ3) is 3.64. The molecule has 1 atom stereocenters. The number of piperidine rings is 1. The van der Waals surface area contributed by atoms with Crippen molar-refractivity contribution in [2.24, 2.45) is 0 Å². The van der Waals surface area contributed by atoms with Crippen LogP contribution in [0.25, 0.3) is 0 Å². The van der Waals surface area contributed by atoms with E-state index in [9.17, 15) is 4.79 Å². The standard InChI is InChI=1S/C15H23BrN2O2/c1-3-8-20-13-6-5-7-18(11-13)15(19)14-9-12(16)10-17(14)4-2/h9-10,13H,3-8,11H2,1-2H3. The number of likely N-dealkylation sites (tertiary alicyclic amines) is 1. The van der Waals surface area contributed by atoms with Crippen molar-refractivity contribution in [1.82, 2.24) is 9.47 Å². The molecule has 1 aliphatic heterocycles. The topological polar surface area (TPSA) is 34.5 Å². The van der Waals surface area contributed by atoms with Crippen LogP contribution in [0.3, 0.4) is 0 Å². The van der Waals surface area contributed by atoms with Gasteiger partial charge in [0.25, 0.3) is 5.91 Å². The SMILES string of the molecule is CCCOC1CCCN(C(=O)c2cc(Br)cn2CC)C1. The number of hydrogen-bond acceptors (Lipinski definition) is 2. The first-order valence-corrected chi connectivity index (χ1v) is 8.21. The second-order valence-electron chi connectivity index (χ2n) is 5.22. The van der Waals surface area contributed by atoms with E-state index >= 15 is 0 Å². The van der Waals surface area contributed by atoms with Crippen LogP contribution in [0.15, 0.2) is 16.7 Å². The number of carbonyl (C=O) groups excluding carboxylic acids is 1. The van der Waals surface area contributed by atoms with Gasteiger partial charge in [-0.25, -0.2) is 0 Å². The average Bonchev–Trinajstić information content (AvgIpc) is 2.85. The number of rotatable bonds is 5. The zero-order valence-corrected chi connectivity index (χ0v) is 13.9. The molecule has 0 saturated carbocycles. The number of carbonyl (C=O) groups is 1.